The zero-order valence-electron chi connectivity index (χ0n) is 13.5. The molecule has 0 aromatic heterocycles. The average Bonchev–Trinajstić information content (AvgIpc) is 2.63. The van der Waals surface area contributed by atoms with Crippen LogP contribution in [0.3, 0.4) is 0 Å². The average molecular weight is 320 g/mol. The van der Waals surface area contributed by atoms with Crippen molar-refractivity contribution in [2.75, 3.05) is 7.11 Å². The molecule has 116 valence electrons. The maximum atomic E-state index is 5.60. The first kappa shape index (κ1) is 15.8. The van der Waals surface area contributed by atoms with Crippen LogP contribution in [0, 0.1) is 0 Å². The number of ether oxygens (including phenoxy) is 1. The van der Waals surface area contributed by atoms with E-state index in [0.29, 0.717) is 5.66 Å². The monoisotopic (exact) mass is 320 g/mol. The Labute approximate surface area is 139 Å². The minimum absolute atomic E-state index is 0.381. The molecule has 0 N–H and O–H groups in total. The van der Waals surface area contributed by atoms with Crippen molar-refractivity contribution in [3.05, 3.63) is 90.5 Å². The molecule has 0 aliphatic heterocycles. The summed E-state index contributed by atoms with van der Waals surface area (Å²) in [6.45, 7) is 2.31. The molecular formula is C21H21OP. The molecular weight excluding hydrogens is 299 g/mol. The Morgan fingerprint density at radius 2 is 1.17 bits per heavy atom. The van der Waals surface area contributed by atoms with Gasteiger partial charge in [-0.3, -0.25) is 0 Å². The molecule has 0 saturated carbocycles. The van der Waals surface area contributed by atoms with Gasteiger partial charge in [0.05, 0.1) is 7.11 Å². The van der Waals surface area contributed by atoms with Crippen LogP contribution in [0.5, 0.6) is 5.75 Å². The fourth-order valence-electron chi connectivity index (χ4n) is 2.92. The summed E-state index contributed by atoms with van der Waals surface area (Å²) in [4.78, 5) is 0. The quantitative estimate of drug-likeness (QED) is 0.608. The lowest BCUT2D eigenvalue weighted by atomic mass is 10.1. The Kier molecular flexibility index (Phi) is 5.10. The van der Waals surface area contributed by atoms with Gasteiger partial charge in [-0.05, 0) is 24.6 Å². The number of methoxy groups -OCH3 is 1. The van der Waals surface area contributed by atoms with Gasteiger partial charge in [0.25, 0.3) is 0 Å². The van der Waals surface area contributed by atoms with E-state index in [1.54, 1.807) is 7.11 Å². The number of rotatable bonds is 5. The van der Waals surface area contributed by atoms with E-state index in [2.05, 4.69) is 85.8 Å². The highest BCUT2D eigenvalue weighted by atomic mass is 31.1. The number of hydrogen-bond donors (Lipinski definition) is 0. The molecule has 0 saturated heterocycles. The summed E-state index contributed by atoms with van der Waals surface area (Å²) in [7, 11) is 1.26. The summed E-state index contributed by atoms with van der Waals surface area (Å²) >= 11 is 0. The Bertz CT molecular complexity index is 701. The van der Waals surface area contributed by atoms with Crippen molar-refractivity contribution in [2.24, 2.45) is 0 Å². The van der Waals surface area contributed by atoms with Crippen molar-refractivity contribution >= 4 is 18.5 Å². The first-order valence-electron chi connectivity index (χ1n) is 7.83. The third-order valence-electron chi connectivity index (χ3n) is 4.05. The van der Waals surface area contributed by atoms with Gasteiger partial charge >= 0.3 is 0 Å². The van der Waals surface area contributed by atoms with Gasteiger partial charge in [-0.25, -0.2) is 0 Å². The van der Waals surface area contributed by atoms with Crippen molar-refractivity contribution in [1.82, 2.24) is 0 Å². The van der Waals surface area contributed by atoms with Gasteiger partial charge in [-0.1, -0.05) is 85.8 Å². The van der Waals surface area contributed by atoms with E-state index in [1.165, 1.54) is 16.2 Å². The van der Waals surface area contributed by atoms with Crippen molar-refractivity contribution in [2.45, 2.75) is 12.6 Å². The molecule has 0 aliphatic carbocycles. The maximum Gasteiger partial charge on any atom is 0.122 e. The van der Waals surface area contributed by atoms with Crippen LogP contribution in [0.15, 0.2) is 84.9 Å². The highest BCUT2D eigenvalue weighted by Crippen LogP contribution is 2.51. The standard InChI is InChI=1S/C21H21OP/c1-17(20-15-9-10-16-21(20)22-2)23(18-11-5-3-6-12-18)19-13-7-4-8-14-19/h3-17H,1-2H3. The van der Waals surface area contributed by atoms with Crippen molar-refractivity contribution < 1.29 is 4.74 Å². The number of para-hydroxylation sites is 1. The molecule has 0 amide bonds. The van der Waals surface area contributed by atoms with Crippen LogP contribution in [0.4, 0.5) is 0 Å². The molecule has 2 heteroatoms. The fourth-order valence-corrected chi connectivity index (χ4v) is 5.59. The van der Waals surface area contributed by atoms with Crippen LogP contribution in [0.1, 0.15) is 18.1 Å². The molecule has 0 bridgehead atoms. The molecule has 3 aromatic rings. The molecule has 0 radical (unpaired) electrons. The van der Waals surface area contributed by atoms with E-state index in [4.69, 9.17) is 4.74 Å². The van der Waals surface area contributed by atoms with Crippen LogP contribution in [0.2, 0.25) is 0 Å². The SMILES string of the molecule is COc1ccccc1C(C)P(c1ccccc1)c1ccccc1. The third-order valence-corrected chi connectivity index (χ3v) is 6.81. The molecule has 3 aromatic carbocycles. The van der Waals surface area contributed by atoms with E-state index in [1.807, 2.05) is 6.07 Å². The van der Waals surface area contributed by atoms with Gasteiger partial charge in [0.2, 0.25) is 0 Å². The van der Waals surface area contributed by atoms with E-state index in [9.17, 15) is 0 Å². The summed E-state index contributed by atoms with van der Waals surface area (Å²) in [5.41, 5.74) is 1.65. The van der Waals surface area contributed by atoms with Crippen molar-refractivity contribution in [1.29, 1.82) is 0 Å². The molecule has 1 nitrogen and oxygen atoms in total. The smallest absolute Gasteiger partial charge is 0.122 e. The second kappa shape index (κ2) is 7.44. The van der Waals surface area contributed by atoms with Crippen molar-refractivity contribution in [3.63, 3.8) is 0 Å². The molecule has 0 spiro atoms. The van der Waals surface area contributed by atoms with Gasteiger partial charge in [0.1, 0.15) is 5.75 Å². The summed E-state index contributed by atoms with van der Waals surface area (Å²) in [5.74, 6) is 0.972. The molecule has 0 heterocycles. The Morgan fingerprint density at radius 1 is 0.696 bits per heavy atom. The molecule has 1 unspecified atom stereocenters. The predicted octanol–water partition coefficient (Wildman–Crippen LogP) is 4.89. The summed E-state index contributed by atoms with van der Waals surface area (Å²) < 4.78 is 5.60. The summed E-state index contributed by atoms with van der Waals surface area (Å²) in [6, 6.07) is 30.0. The van der Waals surface area contributed by atoms with Crippen LogP contribution in [-0.2, 0) is 0 Å². The first-order valence-corrected chi connectivity index (χ1v) is 9.24. The minimum Gasteiger partial charge on any atom is -0.496 e. The largest absolute Gasteiger partial charge is 0.496 e. The fraction of sp³-hybridized carbons (Fsp3) is 0.143. The Morgan fingerprint density at radius 3 is 1.70 bits per heavy atom. The molecule has 0 aliphatic rings. The zero-order chi connectivity index (χ0) is 16.1. The van der Waals surface area contributed by atoms with Gasteiger partial charge in [0.15, 0.2) is 0 Å². The normalized spacial score (nSPS) is 12.1. The minimum atomic E-state index is -0.490. The van der Waals surface area contributed by atoms with Gasteiger partial charge in [0, 0.05) is 11.2 Å². The lowest BCUT2D eigenvalue weighted by Gasteiger charge is -2.27. The topological polar surface area (TPSA) is 9.23 Å². The predicted molar refractivity (Wildman–Crippen MR) is 100 cm³/mol. The van der Waals surface area contributed by atoms with Crippen LogP contribution in [0.25, 0.3) is 0 Å². The van der Waals surface area contributed by atoms with E-state index < -0.39 is 7.92 Å². The zero-order valence-corrected chi connectivity index (χ0v) is 14.4. The van der Waals surface area contributed by atoms with Crippen LogP contribution in [-0.4, -0.2) is 7.11 Å². The Hall–Kier alpha value is -2.11. The second-order valence-electron chi connectivity index (χ2n) is 5.46. The lowest BCUT2D eigenvalue weighted by molar-refractivity contribution is 0.410. The first-order chi connectivity index (χ1) is 11.3. The number of hydrogen-bond acceptors (Lipinski definition) is 1. The van der Waals surface area contributed by atoms with Gasteiger partial charge in [-0.15, -0.1) is 0 Å². The lowest BCUT2D eigenvalue weighted by Crippen LogP contribution is -2.16. The van der Waals surface area contributed by atoms with Gasteiger partial charge < -0.3 is 4.74 Å². The Balaban J connectivity index is 2.08. The highest BCUT2D eigenvalue weighted by molar-refractivity contribution is 7.73. The summed E-state index contributed by atoms with van der Waals surface area (Å²) in [5, 5.41) is 2.79. The summed E-state index contributed by atoms with van der Waals surface area (Å²) in [6.07, 6.45) is 0. The molecule has 23 heavy (non-hydrogen) atoms. The van der Waals surface area contributed by atoms with Crippen LogP contribution >= 0.6 is 7.92 Å². The maximum absolute atomic E-state index is 5.60. The van der Waals surface area contributed by atoms with Crippen LogP contribution < -0.4 is 15.3 Å². The van der Waals surface area contributed by atoms with E-state index in [0.717, 1.165) is 5.75 Å². The van der Waals surface area contributed by atoms with Crippen molar-refractivity contribution in [3.8, 4) is 5.75 Å². The third kappa shape index (κ3) is 3.46. The molecule has 0 fully saturated rings. The second-order valence-corrected chi connectivity index (χ2v) is 8.01. The highest BCUT2D eigenvalue weighted by Gasteiger charge is 2.24. The number of benzene rings is 3. The van der Waals surface area contributed by atoms with E-state index in [-0.39, 0.29) is 0 Å². The van der Waals surface area contributed by atoms with E-state index >= 15 is 0 Å². The molecule has 3 rings (SSSR count). The molecule has 1 atom stereocenters. The van der Waals surface area contributed by atoms with Gasteiger partial charge in [-0.2, -0.15) is 0 Å².